The van der Waals surface area contributed by atoms with E-state index in [0.717, 1.165) is 19.4 Å². The zero-order valence-electron chi connectivity index (χ0n) is 17.2. The third kappa shape index (κ3) is 4.34. The molecule has 3 aromatic rings. The molecular formula is C21H19ClF4N6O. The zero-order chi connectivity index (χ0) is 23.2. The van der Waals surface area contributed by atoms with Crippen molar-refractivity contribution in [3.05, 3.63) is 41.2 Å². The number of benzene rings is 1. The van der Waals surface area contributed by atoms with Gasteiger partial charge in [0, 0.05) is 31.2 Å². The number of halogens is 5. The average molecular weight is 483 g/mol. The van der Waals surface area contributed by atoms with Crippen molar-refractivity contribution in [1.82, 2.24) is 20.3 Å². The molecular weight excluding hydrogens is 464 g/mol. The molecule has 33 heavy (non-hydrogen) atoms. The Morgan fingerprint density at radius 2 is 2.06 bits per heavy atom. The zero-order valence-corrected chi connectivity index (χ0v) is 18.0. The Balaban J connectivity index is 1.47. The predicted octanol–water partition coefficient (Wildman–Crippen LogP) is 4.29. The van der Waals surface area contributed by atoms with E-state index in [4.69, 9.17) is 16.3 Å². The van der Waals surface area contributed by atoms with Crippen LogP contribution in [0.5, 0.6) is 5.75 Å². The van der Waals surface area contributed by atoms with Gasteiger partial charge in [-0.25, -0.2) is 32.5 Å². The van der Waals surface area contributed by atoms with Crippen molar-refractivity contribution in [2.45, 2.75) is 24.8 Å². The minimum absolute atomic E-state index is 0.0175. The number of fused-ring (bicyclic) bond motifs is 1. The quantitative estimate of drug-likeness (QED) is 0.508. The number of aromatic nitrogens is 3. The molecule has 2 fully saturated rings. The highest BCUT2D eigenvalue weighted by Crippen LogP contribution is 2.39. The second kappa shape index (κ2) is 8.45. The van der Waals surface area contributed by atoms with Gasteiger partial charge in [-0.05, 0) is 25.0 Å². The number of nitrogens with zero attached hydrogens (tertiary/aromatic N) is 4. The van der Waals surface area contributed by atoms with E-state index < -0.39 is 29.7 Å². The number of piperazine rings is 1. The number of alkyl halides is 2. The predicted molar refractivity (Wildman–Crippen MR) is 116 cm³/mol. The van der Waals surface area contributed by atoms with Crippen LogP contribution in [0.1, 0.15) is 12.8 Å². The molecule has 7 nitrogen and oxygen atoms in total. The fourth-order valence-corrected chi connectivity index (χ4v) is 4.13. The van der Waals surface area contributed by atoms with Crippen molar-refractivity contribution in [3.63, 3.8) is 0 Å². The molecule has 0 bridgehead atoms. The van der Waals surface area contributed by atoms with E-state index in [2.05, 4.69) is 25.6 Å². The van der Waals surface area contributed by atoms with Crippen molar-refractivity contribution in [2.75, 3.05) is 36.5 Å². The first-order valence-corrected chi connectivity index (χ1v) is 10.7. The molecule has 12 heteroatoms. The highest BCUT2D eigenvalue weighted by Gasteiger charge is 2.46. The highest BCUT2D eigenvalue weighted by molar-refractivity contribution is 6.32. The normalized spacial score (nSPS) is 17.1. The van der Waals surface area contributed by atoms with E-state index in [1.165, 1.54) is 24.5 Å². The van der Waals surface area contributed by atoms with Crippen LogP contribution in [0.15, 0.2) is 24.5 Å². The number of pyridine rings is 1. The summed E-state index contributed by atoms with van der Waals surface area (Å²) in [5.41, 5.74) is 0.444. The van der Waals surface area contributed by atoms with Gasteiger partial charge in [-0.3, -0.25) is 0 Å². The van der Waals surface area contributed by atoms with Crippen LogP contribution in [0.2, 0.25) is 5.02 Å². The van der Waals surface area contributed by atoms with Gasteiger partial charge >= 0.3 is 0 Å². The topological polar surface area (TPSA) is 75.2 Å². The Kier molecular flexibility index (Phi) is 5.61. The molecule has 1 saturated heterocycles. The lowest BCUT2D eigenvalue weighted by molar-refractivity contribution is 0.0818. The molecule has 2 N–H and O–H groups in total. The van der Waals surface area contributed by atoms with Crippen molar-refractivity contribution < 1.29 is 22.3 Å². The summed E-state index contributed by atoms with van der Waals surface area (Å²) in [5, 5.41) is 5.81. The standard InChI is InChI=1S/C21H19ClF4N6O/c22-16-14(33-8-15(24)25)2-1-12(17(16)26)30-19-18-13(27-10-28-19)7-11(23)20(31-18)32-6-5-29-21(9-32)3-4-21/h1-2,7,10,15,29H,3-6,8-9H2,(H,27,28,30). The minimum Gasteiger partial charge on any atom is -0.486 e. The molecule has 2 aliphatic rings. The summed E-state index contributed by atoms with van der Waals surface area (Å²) in [6.07, 6.45) is 0.548. The van der Waals surface area contributed by atoms with Crippen LogP contribution in [-0.4, -0.2) is 53.2 Å². The molecule has 2 aromatic heterocycles. The molecule has 1 aliphatic carbocycles. The summed E-state index contributed by atoms with van der Waals surface area (Å²) >= 11 is 5.95. The number of hydrogen-bond donors (Lipinski definition) is 2. The Morgan fingerprint density at radius 1 is 1.24 bits per heavy atom. The number of rotatable bonds is 6. The van der Waals surface area contributed by atoms with Crippen LogP contribution in [-0.2, 0) is 0 Å². The maximum atomic E-state index is 14.9. The minimum atomic E-state index is -2.72. The van der Waals surface area contributed by atoms with Crippen LogP contribution in [0.3, 0.4) is 0 Å². The highest BCUT2D eigenvalue weighted by atomic mass is 35.5. The largest absolute Gasteiger partial charge is 0.486 e. The van der Waals surface area contributed by atoms with Gasteiger partial charge in [-0.2, -0.15) is 0 Å². The van der Waals surface area contributed by atoms with E-state index >= 15 is 0 Å². The van der Waals surface area contributed by atoms with Gasteiger partial charge in [0.25, 0.3) is 6.43 Å². The molecule has 0 unspecified atom stereocenters. The molecule has 0 radical (unpaired) electrons. The first kappa shape index (κ1) is 21.9. The third-order valence-electron chi connectivity index (χ3n) is 5.74. The van der Waals surface area contributed by atoms with Gasteiger partial charge in [0.15, 0.2) is 23.3 Å². The van der Waals surface area contributed by atoms with Crippen molar-refractivity contribution in [2.24, 2.45) is 0 Å². The molecule has 1 saturated carbocycles. The van der Waals surface area contributed by atoms with E-state index in [9.17, 15) is 17.6 Å². The van der Waals surface area contributed by atoms with Crippen molar-refractivity contribution in [1.29, 1.82) is 0 Å². The van der Waals surface area contributed by atoms with Crippen LogP contribution in [0, 0.1) is 11.6 Å². The van der Waals surface area contributed by atoms with Crippen molar-refractivity contribution >= 4 is 40.0 Å². The summed E-state index contributed by atoms with van der Waals surface area (Å²) in [6, 6.07) is 3.83. The Hall–Kier alpha value is -2.92. The molecule has 0 atom stereocenters. The second-order valence-corrected chi connectivity index (χ2v) is 8.46. The molecule has 5 rings (SSSR count). The first-order valence-electron chi connectivity index (χ1n) is 10.3. The molecule has 174 valence electrons. The maximum Gasteiger partial charge on any atom is 0.272 e. The number of nitrogens with one attached hydrogen (secondary N) is 2. The smallest absolute Gasteiger partial charge is 0.272 e. The van der Waals surface area contributed by atoms with Crippen LogP contribution >= 0.6 is 11.6 Å². The molecule has 3 heterocycles. The Morgan fingerprint density at radius 3 is 2.82 bits per heavy atom. The lowest BCUT2D eigenvalue weighted by atomic mass is 10.2. The molecule has 1 aliphatic heterocycles. The van der Waals surface area contributed by atoms with Gasteiger partial charge < -0.3 is 20.3 Å². The number of hydrogen-bond acceptors (Lipinski definition) is 7. The maximum absolute atomic E-state index is 14.9. The van der Waals surface area contributed by atoms with Crippen molar-refractivity contribution in [3.8, 4) is 5.75 Å². The summed E-state index contributed by atoms with van der Waals surface area (Å²) in [6.45, 7) is 1.05. The van der Waals surface area contributed by atoms with Gasteiger partial charge in [0.2, 0.25) is 0 Å². The molecule has 1 spiro atoms. The van der Waals surface area contributed by atoms with Crippen LogP contribution < -0.4 is 20.3 Å². The lowest BCUT2D eigenvalue weighted by Crippen LogP contribution is -2.53. The van der Waals surface area contributed by atoms with E-state index in [1.807, 2.05) is 4.90 Å². The van der Waals surface area contributed by atoms with E-state index in [-0.39, 0.29) is 39.6 Å². The Labute approximate surface area is 191 Å². The lowest BCUT2D eigenvalue weighted by Gasteiger charge is -2.35. The summed E-state index contributed by atoms with van der Waals surface area (Å²) in [5.74, 6) is -1.28. The number of anilines is 3. The van der Waals surface area contributed by atoms with Crippen LogP contribution in [0.4, 0.5) is 34.9 Å². The van der Waals surface area contributed by atoms with E-state index in [0.29, 0.717) is 13.1 Å². The summed E-state index contributed by atoms with van der Waals surface area (Å²) in [7, 11) is 0. The number of ether oxygens (including phenoxy) is 1. The fourth-order valence-electron chi connectivity index (χ4n) is 3.91. The van der Waals surface area contributed by atoms with Crippen LogP contribution in [0.25, 0.3) is 11.0 Å². The third-order valence-corrected chi connectivity index (χ3v) is 6.09. The van der Waals surface area contributed by atoms with Gasteiger partial charge in [0.1, 0.15) is 29.2 Å². The van der Waals surface area contributed by atoms with Gasteiger partial charge in [-0.15, -0.1) is 0 Å². The van der Waals surface area contributed by atoms with Gasteiger partial charge in [-0.1, -0.05) is 11.6 Å². The Bertz CT molecular complexity index is 1210. The molecule has 0 amide bonds. The van der Waals surface area contributed by atoms with Gasteiger partial charge in [0.05, 0.1) is 11.2 Å². The second-order valence-electron chi connectivity index (χ2n) is 8.08. The summed E-state index contributed by atoms with van der Waals surface area (Å²) in [4.78, 5) is 14.6. The van der Waals surface area contributed by atoms with E-state index in [1.54, 1.807) is 0 Å². The monoisotopic (exact) mass is 482 g/mol. The first-order chi connectivity index (χ1) is 15.8. The average Bonchev–Trinajstić information content (AvgIpc) is 3.54. The molecule has 1 aromatic carbocycles. The summed E-state index contributed by atoms with van der Waals surface area (Å²) < 4.78 is 59.3. The fraction of sp³-hybridized carbons (Fsp3) is 0.381. The SMILES string of the molecule is Fc1cc2ncnc(Nc3ccc(OCC(F)F)c(Cl)c3F)c2nc1N1CCNC2(CC2)C1.